The van der Waals surface area contributed by atoms with Crippen molar-refractivity contribution in [3.05, 3.63) is 76.8 Å². The number of fused-ring (bicyclic) bond motifs is 1. The van der Waals surface area contributed by atoms with Gasteiger partial charge in [-0.25, -0.2) is 0 Å². The van der Waals surface area contributed by atoms with Gasteiger partial charge in [0.1, 0.15) is 16.8 Å². The number of carbonyl (C=O) groups is 1. The van der Waals surface area contributed by atoms with Gasteiger partial charge in [0.2, 0.25) is 0 Å². The van der Waals surface area contributed by atoms with Crippen molar-refractivity contribution in [3.63, 3.8) is 0 Å². The van der Waals surface area contributed by atoms with E-state index in [4.69, 9.17) is 28.6 Å². The number of amides is 1. The van der Waals surface area contributed by atoms with Crippen LogP contribution in [0.5, 0.6) is 5.75 Å². The standard InChI is InChI=1S/C27H28ClN5O2S/c1-3-5-7-18-10-12-20(13-11-18)33-31-24-16-22(28)23(17-25(24)32-33)29-27(36)30-26(34)19-8-6-9-21(15-19)35-14-4-2/h6,8-13,15-17H,3-5,7,14H2,1-2H3,(H2,29,30,34,36). The molecule has 0 fully saturated rings. The minimum absolute atomic E-state index is 0.121. The van der Waals surface area contributed by atoms with Crippen LogP contribution < -0.4 is 15.4 Å². The molecule has 7 nitrogen and oxygen atoms in total. The van der Waals surface area contributed by atoms with Crippen LogP contribution in [0.4, 0.5) is 5.69 Å². The first-order chi connectivity index (χ1) is 17.5. The van der Waals surface area contributed by atoms with Crippen LogP contribution in [-0.2, 0) is 6.42 Å². The van der Waals surface area contributed by atoms with Gasteiger partial charge in [-0.3, -0.25) is 10.1 Å². The molecule has 4 rings (SSSR count). The van der Waals surface area contributed by atoms with Crippen molar-refractivity contribution in [1.82, 2.24) is 20.3 Å². The number of hydrogen-bond acceptors (Lipinski definition) is 5. The number of nitrogens with one attached hydrogen (secondary N) is 2. The minimum Gasteiger partial charge on any atom is -0.494 e. The quantitative estimate of drug-likeness (QED) is 0.250. The Balaban J connectivity index is 1.45. The topological polar surface area (TPSA) is 81.1 Å². The summed E-state index contributed by atoms with van der Waals surface area (Å²) in [7, 11) is 0. The Morgan fingerprint density at radius 3 is 2.50 bits per heavy atom. The highest BCUT2D eigenvalue weighted by atomic mass is 35.5. The first kappa shape index (κ1) is 25.6. The van der Waals surface area contributed by atoms with Gasteiger partial charge in [-0.05, 0) is 79.5 Å². The molecule has 9 heteroatoms. The lowest BCUT2D eigenvalue weighted by Crippen LogP contribution is -2.34. The molecule has 1 aromatic heterocycles. The maximum Gasteiger partial charge on any atom is 0.257 e. The molecule has 36 heavy (non-hydrogen) atoms. The van der Waals surface area contributed by atoms with Crippen LogP contribution in [0.3, 0.4) is 0 Å². The average molecular weight is 522 g/mol. The molecule has 0 spiro atoms. The molecule has 0 aliphatic carbocycles. The lowest BCUT2D eigenvalue weighted by atomic mass is 10.1. The van der Waals surface area contributed by atoms with Crippen LogP contribution in [-0.4, -0.2) is 32.6 Å². The van der Waals surface area contributed by atoms with E-state index in [1.54, 1.807) is 35.1 Å². The molecule has 0 aliphatic rings. The van der Waals surface area contributed by atoms with Gasteiger partial charge < -0.3 is 10.1 Å². The Labute approximate surface area is 220 Å². The number of rotatable bonds is 9. The van der Waals surface area contributed by atoms with Gasteiger partial charge in [-0.2, -0.15) is 4.80 Å². The van der Waals surface area contributed by atoms with Crippen LogP contribution in [0.15, 0.2) is 60.7 Å². The van der Waals surface area contributed by atoms with Crippen molar-refractivity contribution < 1.29 is 9.53 Å². The van der Waals surface area contributed by atoms with Crippen molar-refractivity contribution in [2.75, 3.05) is 11.9 Å². The van der Waals surface area contributed by atoms with Crippen LogP contribution >= 0.6 is 23.8 Å². The van der Waals surface area contributed by atoms with E-state index in [0.29, 0.717) is 39.7 Å². The highest BCUT2D eigenvalue weighted by Gasteiger charge is 2.13. The molecule has 0 unspecified atom stereocenters. The lowest BCUT2D eigenvalue weighted by Gasteiger charge is -2.11. The van der Waals surface area contributed by atoms with Gasteiger partial charge in [0.05, 0.1) is 23.0 Å². The number of benzene rings is 3. The zero-order chi connectivity index (χ0) is 25.5. The molecule has 1 amide bonds. The van der Waals surface area contributed by atoms with Crippen molar-refractivity contribution >= 4 is 51.6 Å². The molecule has 0 bridgehead atoms. The number of aryl methyl sites for hydroxylation is 1. The Hall–Kier alpha value is -3.49. The highest BCUT2D eigenvalue weighted by molar-refractivity contribution is 7.80. The molecule has 186 valence electrons. The zero-order valence-electron chi connectivity index (χ0n) is 20.3. The van der Waals surface area contributed by atoms with Crippen molar-refractivity contribution in [2.45, 2.75) is 39.5 Å². The Morgan fingerprint density at radius 1 is 1.03 bits per heavy atom. The fourth-order valence-corrected chi connectivity index (χ4v) is 4.01. The van der Waals surface area contributed by atoms with Crippen LogP contribution in [0, 0.1) is 0 Å². The van der Waals surface area contributed by atoms with E-state index in [1.807, 2.05) is 25.1 Å². The highest BCUT2D eigenvalue weighted by Crippen LogP contribution is 2.27. The first-order valence-corrected chi connectivity index (χ1v) is 12.8. The van der Waals surface area contributed by atoms with Crippen LogP contribution in [0.2, 0.25) is 5.02 Å². The molecular weight excluding hydrogens is 494 g/mol. The molecule has 0 saturated heterocycles. The van der Waals surface area contributed by atoms with E-state index in [2.05, 4.69) is 39.9 Å². The van der Waals surface area contributed by atoms with Gasteiger partial charge in [0.15, 0.2) is 5.11 Å². The molecule has 4 aromatic rings. The lowest BCUT2D eigenvalue weighted by molar-refractivity contribution is 0.0977. The minimum atomic E-state index is -0.347. The fraction of sp³-hybridized carbons (Fsp3) is 0.259. The summed E-state index contributed by atoms with van der Waals surface area (Å²) in [6.07, 6.45) is 4.28. The van der Waals surface area contributed by atoms with E-state index < -0.39 is 0 Å². The third-order valence-corrected chi connectivity index (χ3v) is 6.02. The largest absolute Gasteiger partial charge is 0.494 e. The smallest absolute Gasteiger partial charge is 0.257 e. The van der Waals surface area contributed by atoms with E-state index >= 15 is 0 Å². The summed E-state index contributed by atoms with van der Waals surface area (Å²) in [4.78, 5) is 14.2. The third kappa shape index (κ3) is 6.38. The number of nitrogens with zero attached hydrogens (tertiary/aromatic N) is 3. The summed E-state index contributed by atoms with van der Waals surface area (Å²) >= 11 is 11.8. The number of halogens is 1. The maximum atomic E-state index is 12.7. The molecule has 0 aliphatic heterocycles. The van der Waals surface area contributed by atoms with E-state index in [0.717, 1.165) is 18.5 Å². The summed E-state index contributed by atoms with van der Waals surface area (Å²) in [5, 5.41) is 15.3. The summed E-state index contributed by atoms with van der Waals surface area (Å²) in [6, 6.07) is 18.7. The first-order valence-electron chi connectivity index (χ1n) is 12.0. The van der Waals surface area contributed by atoms with E-state index in [-0.39, 0.29) is 11.0 Å². The second kappa shape index (κ2) is 12.0. The van der Waals surface area contributed by atoms with Gasteiger partial charge >= 0.3 is 0 Å². The second-order valence-electron chi connectivity index (χ2n) is 8.36. The second-order valence-corrected chi connectivity index (χ2v) is 9.18. The van der Waals surface area contributed by atoms with Crippen molar-refractivity contribution in [2.24, 2.45) is 0 Å². The number of thiocarbonyl (C=S) groups is 1. The van der Waals surface area contributed by atoms with Crippen LogP contribution in [0.25, 0.3) is 16.7 Å². The van der Waals surface area contributed by atoms with E-state index in [9.17, 15) is 4.79 Å². The van der Waals surface area contributed by atoms with Gasteiger partial charge in [0.25, 0.3) is 5.91 Å². The van der Waals surface area contributed by atoms with Crippen molar-refractivity contribution in [3.8, 4) is 11.4 Å². The average Bonchev–Trinajstić information content (AvgIpc) is 3.29. The van der Waals surface area contributed by atoms with Crippen LogP contribution in [0.1, 0.15) is 49.0 Å². The monoisotopic (exact) mass is 521 g/mol. The third-order valence-electron chi connectivity index (χ3n) is 5.50. The Bertz CT molecular complexity index is 1370. The summed E-state index contributed by atoms with van der Waals surface area (Å²) in [5.74, 6) is 0.288. The van der Waals surface area contributed by atoms with E-state index in [1.165, 1.54) is 18.4 Å². The zero-order valence-corrected chi connectivity index (χ0v) is 21.8. The summed E-state index contributed by atoms with van der Waals surface area (Å²) in [6.45, 7) is 4.79. The Morgan fingerprint density at radius 2 is 1.78 bits per heavy atom. The number of ether oxygens (including phenoxy) is 1. The number of aromatic nitrogens is 3. The summed E-state index contributed by atoms with van der Waals surface area (Å²) < 4.78 is 5.60. The molecular formula is C27H28ClN5O2S. The Kier molecular flexibility index (Phi) is 8.51. The molecule has 0 saturated carbocycles. The molecule has 0 radical (unpaired) electrons. The molecule has 3 aromatic carbocycles. The predicted octanol–water partition coefficient (Wildman–Crippen LogP) is 6.33. The predicted molar refractivity (Wildman–Crippen MR) is 148 cm³/mol. The number of carbonyl (C=O) groups excluding carboxylic acids is 1. The summed E-state index contributed by atoms with van der Waals surface area (Å²) in [5.41, 5.74) is 4.42. The number of hydrogen-bond donors (Lipinski definition) is 2. The van der Waals surface area contributed by atoms with Crippen molar-refractivity contribution in [1.29, 1.82) is 0 Å². The SMILES string of the molecule is CCCCc1ccc(-n2nc3cc(Cl)c(NC(=S)NC(=O)c4cccc(OCCC)c4)cc3n2)cc1. The fourth-order valence-electron chi connectivity index (χ4n) is 3.60. The van der Waals surface area contributed by atoms with Gasteiger partial charge in [-0.15, -0.1) is 10.2 Å². The molecule has 0 atom stereocenters. The molecule has 1 heterocycles. The number of unbranched alkanes of at least 4 members (excludes halogenated alkanes) is 1. The van der Waals surface area contributed by atoms with Gasteiger partial charge in [-0.1, -0.05) is 50.1 Å². The maximum absolute atomic E-state index is 12.7. The van der Waals surface area contributed by atoms with Gasteiger partial charge in [0, 0.05) is 5.56 Å². The number of anilines is 1. The normalized spacial score (nSPS) is 10.9. The molecule has 2 N–H and O–H groups in total.